The van der Waals surface area contributed by atoms with Crippen molar-refractivity contribution in [3.8, 4) is 5.75 Å². The van der Waals surface area contributed by atoms with Gasteiger partial charge in [-0.1, -0.05) is 38.8 Å². The summed E-state index contributed by atoms with van der Waals surface area (Å²) in [5, 5.41) is 2.98. The molecule has 1 aliphatic rings. The van der Waals surface area contributed by atoms with Crippen LogP contribution in [0.5, 0.6) is 5.75 Å². The van der Waals surface area contributed by atoms with Crippen molar-refractivity contribution in [2.45, 2.75) is 46.1 Å². The van der Waals surface area contributed by atoms with Crippen molar-refractivity contribution >= 4 is 11.9 Å². The van der Waals surface area contributed by atoms with Gasteiger partial charge in [0.05, 0.1) is 0 Å². The predicted molar refractivity (Wildman–Crippen MR) is 91.7 cm³/mol. The van der Waals surface area contributed by atoms with Gasteiger partial charge in [-0.25, -0.2) is 4.79 Å². The van der Waals surface area contributed by atoms with Crippen LogP contribution in [0.4, 0.5) is 0 Å². The van der Waals surface area contributed by atoms with Gasteiger partial charge in [0, 0.05) is 6.04 Å². The summed E-state index contributed by atoms with van der Waals surface area (Å²) in [5.74, 6) is 0.875. The third-order valence-electron chi connectivity index (χ3n) is 4.76. The molecule has 1 fully saturated rings. The highest BCUT2D eigenvalue weighted by atomic mass is 16.6. The van der Waals surface area contributed by atoms with Gasteiger partial charge in [0.25, 0.3) is 5.91 Å². The number of ether oxygens (including phenoxy) is 2. The molecule has 0 bridgehead atoms. The van der Waals surface area contributed by atoms with Gasteiger partial charge in [0.1, 0.15) is 5.75 Å². The second kappa shape index (κ2) is 8.71. The van der Waals surface area contributed by atoms with Gasteiger partial charge in [-0.2, -0.15) is 0 Å². The van der Waals surface area contributed by atoms with E-state index in [0.29, 0.717) is 17.6 Å². The molecule has 1 amide bonds. The van der Waals surface area contributed by atoms with E-state index < -0.39 is 5.97 Å². The lowest BCUT2D eigenvalue weighted by Crippen LogP contribution is -2.45. The molecule has 0 heterocycles. The summed E-state index contributed by atoms with van der Waals surface area (Å²) in [6.45, 7) is 5.87. The van der Waals surface area contributed by atoms with E-state index in [-0.39, 0.29) is 25.2 Å². The topological polar surface area (TPSA) is 64.6 Å². The first-order valence-corrected chi connectivity index (χ1v) is 8.60. The summed E-state index contributed by atoms with van der Waals surface area (Å²) in [6, 6.07) is 7.59. The van der Waals surface area contributed by atoms with Crippen LogP contribution in [0.3, 0.4) is 0 Å². The standard InChI is InChI=1S/C19H27NO4/c1-13-6-4-8-16(10-13)23-12-19(22)24-11-18(21)20-17-9-5-7-14(2)15(17)3/h4,6,8,10,14-15,17H,5,7,9,11-12H2,1-3H3,(H,20,21)/t14-,15-,17-/m0/s1. The van der Waals surface area contributed by atoms with Gasteiger partial charge < -0.3 is 14.8 Å². The Morgan fingerprint density at radius 2 is 2.00 bits per heavy atom. The second-order valence-corrected chi connectivity index (χ2v) is 6.71. The fraction of sp³-hybridized carbons (Fsp3) is 0.579. The highest BCUT2D eigenvalue weighted by Crippen LogP contribution is 2.29. The molecule has 0 unspecified atom stereocenters. The Kier molecular flexibility index (Phi) is 6.64. The van der Waals surface area contributed by atoms with Gasteiger partial charge in [0.15, 0.2) is 13.2 Å². The molecule has 24 heavy (non-hydrogen) atoms. The van der Waals surface area contributed by atoms with Gasteiger partial charge >= 0.3 is 5.97 Å². The van der Waals surface area contributed by atoms with E-state index in [1.165, 1.54) is 6.42 Å². The van der Waals surface area contributed by atoms with Crippen LogP contribution in [0, 0.1) is 18.8 Å². The van der Waals surface area contributed by atoms with Gasteiger partial charge in [-0.3, -0.25) is 4.79 Å². The fourth-order valence-electron chi connectivity index (χ4n) is 3.07. The molecule has 3 atom stereocenters. The molecule has 0 spiro atoms. The van der Waals surface area contributed by atoms with Gasteiger partial charge in [-0.15, -0.1) is 0 Å². The number of esters is 1. The molecule has 5 nitrogen and oxygen atoms in total. The molecular formula is C19H27NO4. The van der Waals surface area contributed by atoms with Crippen LogP contribution in [-0.2, 0) is 14.3 Å². The highest BCUT2D eigenvalue weighted by Gasteiger charge is 2.28. The number of aryl methyl sites for hydroxylation is 1. The molecule has 2 rings (SSSR count). The maximum Gasteiger partial charge on any atom is 0.344 e. The third-order valence-corrected chi connectivity index (χ3v) is 4.76. The molecule has 1 saturated carbocycles. The third kappa shape index (κ3) is 5.55. The molecule has 1 aliphatic carbocycles. The van der Waals surface area contributed by atoms with Crippen LogP contribution >= 0.6 is 0 Å². The maximum absolute atomic E-state index is 12.0. The van der Waals surface area contributed by atoms with Crippen molar-refractivity contribution < 1.29 is 19.1 Å². The smallest absolute Gasteiger partial charge is 0.344 e. The first kappa shape index (κ1) is 18.3. The first-order valence-electron chi connectivity index (χ1n) is 8.60. The molecule has 0 saturated heterocycles. The van der Waals surface area contributed by atoms with Crippen molar-refractivity contribution in [2.75, 3.05) is 13.2 Å². The Bertz CT molecular complexity index is 572. The number of hydrogen-bond donors (Lipinski definition) is 1. The van der Waals surface area contributed by atoms with Crippen LogP contribution in [0.15, 0.2) is 24.3 Å². The van der Waals surface area contributed by atoms with E-state index in [4.69, 9.17) is 9.47 Å². The number of hydrogen-bond acceptors (Lipinski definition) is 4. The van der Waals surface area contributed by atoms with Crippen molar-refractivity contribution in [2.24, 2.45) is 11.8 Å². The molecule has 0 aliphatic heterocycles. The lowest BCUT2D eigenvalue weighted by molar-refractivity contribution is -0.150. The molecule has 5 heteroatoms. The quantitative estimate of drug-likeness (QED) is 0.813. The zero-order chi connectivity index (χ0) is 17.5. The van der Waals surface area contributed by atoms with Crippen LogP contribution in [0.2, 0.25) is 0 Å². The summed E-state index contributed by atoms with van der Waals surface area (Å²) in [6.07, 6.45) is 3.32. The number of rotatable bonds is 6. The monoisotopic (exact) mass is 333 g/mol. The minimum atomic E-state index is -0.545. The Balaban J connectivity index is 1.68. The molecule has 0 radical (unpaired) electrons. The van der Waals surface area contributed by atoms with Crippen LogP contribution in [0.1, 0.15) is 38.7 Å². The number of amides is 1. The van der Waals surface area contributed by atoms with E-state index in [2.05, 4.69) is 19.2 Å². The SMILES string of the molecule is Cc1cccc(OCC(=O)OCC(=O)N[C@H]2CCC[C@H](C)[C@@H]2C)c1. The van der Waals surface area contributed by atoms with Crippen LogP contribution < -0.4 is 10.1 Å². The summed E-state index contributed by atoms with van der Waals surface area (Å²) < 4.78 is 10.3. The maximum atomic E-state index is 12.0. The summed E-state index contributed by atoms with van der Waals surface area (Å²) in [7, 11) is 0. The number of carbonyl (C=O) groups excluding carboxylic acids is 2. The predicted octanol–water partition coefficient (Wildman–Crippen LogP) is 2.86. The molecular weight excluding hydrogens is 306 g/mol. The van der Waals surface area contributed by atoms with Crippen molar-refractivity contribution in [1.82, 2.24) is 5.32 Å². The van der Waals surface area contributed by atoms with E-state index >= 15 is 0 Å². The van der Waals surface area contributed by atoms with Crippen LogP contribution in [-0.4, -0.2) is 31.1 Å². The lowest BCUT2D eigenvalue weighted by atomic mass is 9.78. The van der Waals surface area contributed by atoms with E-state index in [9.17, 15) is 9.59 Å². The molecule has 1 N–H and O–H groups in total. The summed E-state index contributed by atoms with van der Waals surface area (Å²) in [5.41, 5.74) is 1.05. The molecule has 0 aromatic heterocycles. The molecule has 1 aromatic carbocycles. The van der Waals surface area contributed by atoms with Crippen molar-refractivity contribution in [3.05, 3.63) is 29.8 Å². The average Bonchev–Trinajstić information content (AvgIpc) is 2.55. The number of benzene rings is 1. The zero-order valence-electron chi connectivity index (χ0n) is 14.7. The van der Waals surface area contributed by atoms with E-state index in [1.807, 2.05) is 25.1 Å². The Morgan fingerprint density at radius 1 is 1.21 bits per heavy atom. The second-order valence-electron chi connectivity index (χ2n) is 6.71. The Hall–Kier alpha value is -2.04. The Labute approximate surface area is 143 Å². The minimum absolute atomic E-state index is 0.170. The molecule has 1 aromatic rings. The first-order chi connectivity index (χ1) is 11.5. The van der Waals surface area contributed by atoms with E-state index in [0.717, 1.165) is 18.4 Å². The van der Waals surface area contributed by atoms with Crippen molar-refractivity contribution in [1.29, 1.82) is 0 Å². The average molecular weight is 333 g/mol. The number of carbonyl (C=O) groups is 2. The van der Waals surface area contributed by atoms with Crippen LogP contribution in [0.25, 0.3) is 0 Å². The highest BCUT2D eigenvalue weighted by molar-refractivity contribution is 5.81. The Morgan fingerprint density at radius 3 is 2.75 bits per heavy atom. The van der Waals surface area contributed by atoms with Crippen molar-refractivity contribution in [3.63, 3.8) is 0 Å². The minimum Gasteiger partial charge on any atom is -0.482 e. The largest absolute Gasteiger partial charge is 0.482 e. The fourth-order valence-corrected chi connectivity index (χ4v) is 3.07. The number of nitrogens with one attached hydrogen (secondary N) is 1. The summed E-state index contributed by atoms with van der Waals surface area (Å²) in [4.78, 5) is 23.6. The normalized spacial score (nSPS) is 23.4. The van der Waals surface area contributed by atoms with E-state index in [1.54, 1.807) is 6.07 Å². The zero-order valence-corrected chi connectivity index (χ0v) is 14.7. The summed E-state index contributed by atoms with van der Waals surface area (Å²) >= 11 is 0. The van der Waals surface area contributed by atoms with Gasteiger partial charge in [-0.05, 0) is 42.9 Å². The molecule has 132 valence electrons. The lowest BCUT2D eigenvalue weighted by Gasteiger charge is -2.34. The van der Waals surface area contributed by atoms with Gasteiger partial charge in [0.2, 0.25) is 0 Å².